The molecule has 0 atom stereocenters. The van der Waals surface area contributed by atoms with Crippen molar-refractivity contribution in [2.45, 2.75) is 13.8 Å². The Labute approximate surface area is 138 Å². The molecule has 122 valence electrons. The average Bonchev–Trinajstić information content (AvgIpc) is 2.47. The molecule has 0 aromatic heterocycles. The summed E-state index contributed by atoms with van der Waals surface area (Å²) in [7, 11) is 0. The number of hydrogen-bond donors (Lipinski definition) is 0. The molecule has 0 bridgehead atoms. The van der Waals surface area contributed by atoms with Crippen LogP contribution >= 0.6 is 23.2 Å². The number of aryl methyl sites for hydroxylation is 2. The molecule has 0 aliphatic heterocycles. The molecule has 8 heteroatoms. The van der Waals surface area contributed by atoms with Gasteiger partial charge < -0.3 is 0 Å². The van der Waals surface area contributed by atoms with Gasteiger partial charge in [0.1, 0.15) is 5.17 Å². The number of nitrogens with zero attached hydrogens (tertiary/aromatic N) is 1. The van der Waals surface area contributed by atoms with E-state index in [-0.39, 0.29) is 10.7 Å². The van der Waals surface area contributed by atoms with Gasteiger partial charge in [0, 0.05) is 0 Å². The molecule has 0 saturated carbocycles. The van der Waals surface area contributed by atoms with Crippen molar-refractivity contribution in [1.82, 2.24) is 0 Å². The fraction of sp³-hybridized carbons (Fsp3) is 0.133. The van der Waals surface area contributed by atoms with Gasteiger partial charge in [-0.2, -0.15) is 0 Å². The van der Waals surface area contributed by atoms with Crippen LogP contribution in [0.15, 0.2) is 17.1 Å². The van der Waals surface area contributed by atoms with E-state index < -0.39 is 39.8 Å². The van der Waals surface area contributed by atoms with Crippen molar-refractivity contribution < 1.29 is 22.0 Å². The first-order valence-corrected chi connectivity index (χ1v) is 6.93. The summed E-state index contributed by atoms with van der Waals surface area (Å²) in [5, 5.41) is -0.767. The summed E-state index contributed by atoms with van der Waals surface area (Å²) in [6.07, 6.45) is 0. The second-order valence-electron chi connectivity index (χ2n) is 4.76. The molecule has 0 aliphatic rings. The van der Waals surface area contributed by atoms with Crippen LogP contribution in [0.5, 0.6) is 0 Å². The average molecular weight is 368 g/mol. The molecule has 23 heavy (non-hydrogen) atoms. The SMILES string of the molecule is Cc1cc(C)c(/N=C(/Cl)c2c(F)c(F)c(F)c(F)c2F)c(Cl)c1. The zero-order valence-electron chi connectivity index (χ0n) is 11.7. The molecule has 2 aromatic rings. The van der Waals surface area contributed by atoms with Crippen molar-refractivity contribution in [3.63, 3.8) is 0 Å². The Bertz CT molecular complexity index is 781. The summed E-state index contributed by atoms with van der Waals surface area (Å²) >= 11 is 11.7. The van der Waals surface area contributed by atoms with Crippen LogP contribution in [0.1, 0.15) is 16.7 Å². The quantitative estimate of drug-likeness (QED) is 0.268. The van der Waals surface area contributed by atoms with Gasteiger partial charge >= 0.3 is 0 Å². The fourth-order valence-electron chi connectivity index (χ4n) is 1.99. The molecule has 0 aliphatic carbocycles. The van der Waals surface area contributed by atoms with Crippen LogP contribution in [0.3, 0.4) is 0 Å². The zero-order valence-corrected chi connectivity index (χ0v) is 13.3. The Morgan fingerprint density at radius 2 is 1.35 bits per heavy atom. The maximum Gasteiger partial charge on any atom is 0.200 e. The number of aliphatic imine (C=N–C) groups is 1. The van der Waals surface area contributed by atoms with Gasteiger partial charge in [-0.1, -0.05) is 29.3 Å². The van der Waals surface area contributed by atoms with Crippen molar-refractivity contribution in [1.29, 1.82) is 0 Å². The molecule has 0 radical (unpaired) electrons. The number of rotatable bonds is 2. The minimum Gasteiger partial charge on any atom is -0.234 e. The van der Waals surface area contributed by atoms with E-state index in [1.165, 1.54) is 6.07 Å². The summed E-state index contributed by atoms with van der Waals surface area (Å²) in [5.74, 6) is -10.6. The van der Waals surface area contributed by atoms with Crippen LogP contribution in [0.4, 0.5) is 27.6 Å². The van der Waals surface area contributed by atoms with E-state index in [9.17, 15) is 22.0 Å². The maximum atomic E-state index is 13.7. The molecule has 0 heterocycles. The van der Waals surface area contributed by atoms with E-state index >= 15 is 0 Å². The highest BCUT2D eigenvalue weighted by Crippen LogP contribution is 2.32. The van der Waals surface area contributed by atoms with E-state index in [1.807, 2.05) is 0 Å². The normalized spacial score (nSPS) is 12.0. The predicted octanol–water partition coefficient (Wildman–Crippen LogP) is 5.97. The van der Waals surface area contributed by atoms with Gasteiger partial charge in [-0.3, -0.25) is 0 Å². The molecule has 0 saturated heterocycles. The first-order valence-electron chi connectivity index (χ1n) is 6.17. The Hall–Kier alpha value is -1.66. The van der Waals surface area contributed by atoms with E-state index in [4.69, 9.17) is 23.2 Å². The standard InChI is InChI=1S/C15H8Cl2F5N/c1-5-3-6(2)14(7(16)4-5)23-15(17)8-9(18)11(20)13(22)12(21)10(8)19/h3-4H,1-2H3/b23-15+. The van der Waals surface area contributed by atoms with Crippen LogP contribution in [0, 0.1) is 42.9 Å². The summed E-state index contributed by atoms with van der Waals surface area (Å²) < 4.78 is 66.9. The lowest BCUT2D eigenvalue weighted by atomic mass is 10.1. The van der Waals surface area contributed by atoms with Crippen LogP contribution in [-0.2, 0) is 0 Å². The topological polar surface area (TPSA) is 12.4 Å². The third kappa shape index (κ3) is 3.19. The lowest BCUT2D eigenvalue weighted by Crippen LogP contribution is -2.10. The van der Waals surface area contributed by atoms with Gasteiger partial charge in [-0.05, 0) is 31.0 Å². The summed E-state index contributed by atoms with van der Waals surface area (Å²) in [5.41, 5.74) is 0.0983. The first-order chi connectivity index (χ1) is 10.6. The van der Waals surface area contributed by atoms with Gasteiger partial charge in [0.15, 0.2) is 23.3 Å². The van der Waals surface area contributed by atoms with Crippen molar-refractivity contribution in [3.05, 3.63) is 62.9 Å². The third-order valence-corrected chi connectivity index (χ3v) is 3.59. The Morgan fingerprint density at radius 3 is 1.83 bits per heavy atom. The van der Waals surface area contributed by atoms with Crippen LogP contribution in [0.2, 0.25) is 5.02 Å². The van der Waals surface area contributed by atoms with Crippen molar-refractivity contribution >= 4 is 34.1 Å². The minimum absolute atomic E-state index is 0.0752. The smallest absolute Gasteiger partial charge is 0.200 e. The second kappa shape index (κ2) is 6.45. The van der Waals surface area contributed by atoms with Crippen LogP contribution in [0.25, 0.3) is 0 Å². The second-order valence-corrected chi connectivity index (χ2v) is 5.52. The highest BCUT2D eigenvalue weighted by molar-refractivity contribution is 6.70. The Kier molecular flexibility index (Phi) is 4.96. The maximum absolute atomic E-state index is 13.7. The molecule has 0 spiro atoms. The molecule has 0 unspecified atom stereocenters. The third-order valence-electron chi connectivity index (χ3n) is 3.02. The largest absolute Gasteiger partial charge is 0.234 e. The molecule has 2 rings (SSSR count). The van der Waals surface area contributed by atoms with E-state index in [2.05, 4.69) is 4.99 Å². The zero-order chi connectivity index (χ0) is 17.5. The fourth-order valence-corrected chi connectivity index (χ4v) is 2.60. The van der Waals surface area contributed by atoms with E-state index in [0.717, 1.165) is 5.56 Å². The van der Waals surface area contributed by atoms with E-state index in [0.29, 0.717) is 5.56 Å². The van der Waals surface area contributed by atoms with Crippen LogP contribution in [-0.4, -0.2) is 5.17 Å². The Balaban J connectivity index is 2.69. The molecule has 2 aromatic carbocycles. The van der Waals surface area contributed by atoms with Gasteiger partial charge in [0.05, 0.1) is 16.3 Å². The lowest BCUT2D eigenvalue weighted by Gasteiger charge is -2.09. The minimum atomic E-state index is -2.27. The predicted molar refractivity (Wildman–Crippen MR) is 79.2 cm³/mol. The Morgan fingerprint density at radius 1 is 0.870 bits per heavy atom. The van der Waals surface area contributed by atoms with Crippen LogP contribution < -0.4 is 0 Å². The van der Waals surface area contributed by atoms with E-state index in [1.54, 1.807) is 19.9 Å². The van der Waals surface area contributed by atoms with Gasteiger partial charge in [0.25, 0.3) is 0 Å². The molecule has 0 N–H and O–H groups in total. The van der Waals surface area contributed by atoms with Gasteiger partial charge in [-0.15, -0.1) is 0 Å². The van der Waals surface area contributed by atoms with Gasteiger partial charge in [0.2, 0.25) is 5.82 Å². The molecule has 0 amide bonds. The number of halogens is 7. The molecule has 1 nitrogen and oxygen atoms in total. The van der Waals surface area contributed by atoms with Crippen molar-refractivity contribution in [3.8, 4) is 0 Å². The highest BCUT2D eigenvalue weighted by Gasteiger charge is 2.28. The summed E-state index contributed by atoms with van der Waals surface area (Å²) in [6.45, 7) is 3.37. The molecular formula is C15H8Cl2F5N. The van der Waals surface area contributed by atoms with Crippen molar-refractivity contribution in [2.75, 3.05) is 0 Å². The highest BCUT2D eigenvalue weighted by atomic mass is 35.5. The van der Waals surface area contributed by atoms with Gasteiger partial charge in [-0.25, -0.2) is 26.9 Å². The molecule has 0 fully saturated rings. The number of hydrogen-bond acceptors (Lipinski definition) is 1. The summed E-state index contributed by atoms with van der Waals surface area (Å²) in [4.78, 5) is 3.72. The summed E-state index contributed by atoms with van der Waals surface area (Å²) in [6, 6.07) is 3.20. The monoisotopic (exact) mass is 367 g/mol. The van der Waals surface area contributed by atoms with Crippen molar-refractivity contribution in [2.24, 2.45) is 4.99 Å². The first kappa shape index (κ1) is 17.7. The molecular weight excluding hydrogens is 360 g/mol. The lowest BCUT2D eigenvalue weighted by molar-refractivity contribution is 0.377. The number of benzene rings is 2.